The van der Waals surface area contributed by atoms with E-state index >= 15 is 0 Å². The summed E-state index contributed by atoms with van der Waals surface area (Å²) in [5.41, 5.74) is 1.11. The van der Waals surface area contributed by atoms with E-state index in [1.165, 1.54) is 0 Å². The van der Waals surface area contributed by atoms with Crippen molar-refractivity contribution < 1.29 is 9.47 Å². The van der Waals surface area contributed by atoms with Gasteiger partial charge in [-0.05, 0) is 37.6 Å². The van der Waals surface area contributed by atoms with Crippen LogP contribution in [0, 0.1) is 0 Å². The average molecular weight is 242 g/mol. The van der Waals surface area contributed by atoms with Crippen LogP contribution < -0.4 is 9.47 Å². The molecule has 0 saturated carbocycles. The Bertz CT molecular complexity index is 492. The molecule has 2 heteroatoms. The summed E-state index contributed by atoms with van der Waals surface area (Å²) in [5, 5.41) is 0. The lowest BCUT2D eigenvalue weighted by Gasteiger charge is -2.14. The van der Waals surface area contributed by atoms with E-state index in [0.29, 0.717) is 6.61 Å². The van der Waals surface area contributed by atoms with Crippen LogP contribution in [0.2, 0.25) is 0 Å². The highest BCUT2D eigenvalue weighted by Crippen LogP contribution is 2.32. The molecule has 0 N–H and O–H groups in total. The molecule has 94 valence electrons. The van der Waals surface area contributed by atoms with Crippen LogP contribution in [0.15, 0.2) is 48.5 Å². The summed E-state index contributed by atoms with van der Waals surface area (Å²) in [7, 11) is 0. The van der Waals surface area contributed by atoms with Crippen molar-refractivity contribution >= 4 is 0 Å². The van der Waals surface area contributed by atoms with Crippen molar-refractivity contribution in [1.82, 2.24) is 0 Å². The molecule has 0 unspecified atom stereocenters. The van der Waals surface area contributed by atoms with Crippen LogP contribution in [0.1, 0.15) is 19.4 Å². The Morgan fingerprint density at radius 1 is 0.833 bits per heavy atom. The Labute approximate surface area is 108 Å². The van der Waals surface area contributed by atoms with Crippen LogP contribution in [0.5, 0.6) is 17.2 Å². The summed E-state index contributed by atoms with van der Waals surface area (Å²) in [4.78, 5) is 0. The van der Waals surface area contributed by atoms with Crippen molar-refractivity contribution in [3.05, 3.63) is 54.1 Å². The number of ether oxygens (including phenoxy) is 2. The van der Waals surface area contributed by atoms with E-state index < -0.39 is 0 Å². The first kappa shape index (κ1) is 12.5. The monoisotopic (exact) mass is 242 g/mol. The molecule has 0 heterocycles. The third-order valence-electron chi connectivity index (χ3n) is 2.71. The Balaban J connectivity index is 2.30. The third kappa shape index (κ3) is 2.83. The van der Waals surface area contributed by atoms with Crippen LogP contribution in [0.3, 0.4) is 0 Å². The maximum absolute atomic E-state index is 5.91. The number of benzene rings is 2. The molecule has 0 atom stereocenters. The van der Waals surface area contributed by atoms with Gasteiger partial charge >= 0.3 is 0 Å². The first-order valence-electron chi connectivity index (χ1n) is 6.32. The van der Waals surface area contributed by atoms with Crippen LogP contribution in [-0.2, 0) is 6.42 Å². The number of hydrogen-bond donors (Lipinski definition) is 0. The van der Waals surface area contributed by atoms with Crippen LogP contribution in [0.25, 0.3) is 0 Å². The molecule has 0 amide bonds. The fourth-order valence-corrected chi connectivity index (χ4v) is 1.90. The van der Waals surface area contributed by atoms with Crippen molar-refractivity contribution in [3.8, 4) is 17.2 Å². The largest absolute Gasteiger partial charge is 0.493 e. The third-order valence-corrected chi connectivity index (χ3v) is 2.71. The molecule has 0 spiro atoms. The second kappa shape index (κ2) is 6.10. The van der Waals surface area contributed by atoms with Crippen LogP contribution >= 0.6 is 0 Å². The van der Waals surface area contributed by atoms with Crippen molar-refractivity contribution in [1.29, 1.82) is 0 Å². The highest BCUT2D eigenvalue weighted by molar-refractivity contribution is 5.46. The van der Waals surface area contributed by atoms with Gasteiger partial charge in [-0.25, -0.2) is 0 Å². The molecule has 0 aliphatic rings. The van der Waals surface area contributed by atoms with E-state index in [0.717, 1.165) is 29.2 Å². The Hall–Kier alpha value is -1.96. The predicted octanol–water partition coefficient (Wildman–Crippen LogP) is 4.44. The number of rotatable bonds is 5. The molecule has 2 aromatic rings. The lowest BCUT2D eigenvalue weighted by Crippen LogP contribution is -1.98. The van der Waals surface area contributed by atoms with Crippen molar-refractivity contribution in [3.63, 3.8) is 0 Å². The minimum absolute atomic E-state index is 0.668. The molecule has 0 bridgehead atoms. The van der Waals surface area contributed by atoms with E-state index in [-0.39, 0.29) is 0 Å². The second-order valence-electron chi connectivity index (χ2n) is 3.93. The zero-order chi connectivity index (χ0) is 12.8. The van der Waals surface area contributed by atoms with Gasteiger partial charge in [0.25, 0.3) is 0 Å². The van der Waals surface area contributed by atoms with Gasteiger partial charge in [0.1, 0.15) is 17.2 Å². The van der Waals surface area contributed by atoms with E-state index in [9.17, 15) is 0 Å². The van der Waals surface area contributed by atoms with E-state index in [1.807, 2.05) is 55.5 Å². The minimum atomic E-state index is 0.668. The summed E-state index contributed by atoms with van der Waals surface area (Å²) in [6.07, 6.45) is 0.887. The quantitative estimate of drug-likeness (QED) is 0.771. The molecule has 0 fully saturated rings. The Morgan fingerprint density at radius 2 is 1.56 bits per heavy atom. The predicted molar refractivity (Wildman–Crippen MR) is 73.5 cm³/mol. The second-order valence-corrected chi connectivity index (χ2v) is 3.93. The molecule has 18 heavy (non-hydrogen) atoms. The highest BCUT2D eigenvalue weighted by atomic mass is 16.5. The van der Waals surface area contributed by atoms with Gasteiger partial charge in [0.05, 0.1) is 6.61 Å². The van der Waals surface area contributed by atoms with Crippen LogP contribution in [-0.4, -0.2) is 6.61 Å². The van der Waals surface area contributed by atoms with E-state index in [1.54, 1.807) is 0 Å². The molecule has 2 rings (SSSR count). The Kier molecular flexibility index (Phi) is 4.24. The van der Waals surface area contributed by atoms with Gasteiger partial charge in [0.2, 0.25) is 0 Å². The summed E-state index contributed by atoms with van der Waals surface area (Å²) in [5.74, 6) is 2.63. The van der Waals surface area contributed by atoms with Gasteiger partial charge < -0.3 is 9.47 Å². The normalized spacial score (nSPS) is 10.1. The minimum Gasteiger partial charge on any atom is -0.493 e. The SMILES string of the molecule is CCOc1cccc(Oc2ccccc2)c1CC. The molecule has 0 radical (unpaired) electrons. The smallest absolute Gasteiger partial charge is 0.134 e. The Morgan fingerprint density at radius 3 is 2.22 bits per heavy atom. The lowest BCUT2D eigenvalue weighted by atomic mass is 10.1. The van der Waals surface area contributed by atoms with Crippen LogP contribution in [0.4, 0.5) is 0 Å². The molecular formula is C16H18O2. The zero-order valence-electron chi connectivity index (χ0n) is 10.8. The van der Waals surface area contributed by atoms with Gasteiger partial charge in [-0.2, -0.15) is 0 Å². The molecule has 0 aliphatic carbocycles. The van der Waals surface area contributed by atoms with Gasteiger partial charge in [-0.15, -0.1) is 0 Å². The lowest BCUT2D eigenvalue weighted by molar-refractivity contribution is 0.334. The fraction of sp³-hybridized carbons (Fsp3) is 0.250. The molecular weight excluding hydrogens is 224 g/mol. The van der Waals surface area contributed by atoms with Crippen molar-refractivity contribution in [2.45, 2.75) is 20.3 Å². The fourth-order valence-electron chi connectivity index (χ4n) is 1.90. The van der Waals surface area contributed by atoms with Crippen molar-refractivity contribution in [2.24, 2.45) is 0 Å². The molecule has 2 nitrogen and oxygen atoms in total. The van der Waals surface area contributed by atoms with E-state index in [4.69, 9.17) is 9.47 Å². The van der Waals surface area contributed by atoms with E-state index in [2.05, 4.69) is 6.92 Å². The number of hydrogen-bond acceptors (Lipinski definition) is 2. The molecule has 0 aromatic heterocycles. The van der Waals surface area contributed by atoms with Gasteiger partial charge in [0.15, 0.2) is 0 Å². The van der Waals surface area contributed by atoms with Crippen molar-refractivity contribution in [2.75, 3.05) is 6.61 Å². The molecule has 0 saturated heterocycles. The topological polar surface area (TPSA) is 18.5 Å². The maximum Gasteiger partial charge on any atom is 0.134 e. The summed E-state index contributed by atoms with van der Waals surface area (Å²) in [6, 6.07) is 15.7. The molecule has 2 aromatic carbocycles. The van der Waals surface area contributed by atoms with Gasteiger partial charge in [-0.1, -0.05) is 31.2 Å². The average Bonchev–Trinajstić information content (AvgIpc) is 2.41. The summed E-state index contributed by atoms with van der Waals surface area (Å²) < 4.78 is 11.5. The first-order chi connectivity index (χ1) is 8.85. The first-order valence-corrected chi connectivity index (χ1v) is 6.32. The van der Waals surface area contributed by atoms with Gasteiger partial charge in [-0.3, -0.25) is 0 Å². The van der Waals surface area contributed by atoms with Gasteiger partial charge in [0, 0.05) is 5.56 Å². The highest BCUT2D eigenvalue weighted by Gasteiger charge is 2.09. The maximum atomic E-state index is 5.91. The standard InChI is InChI=1S/C16H18O2/c1-3-14-15(17-4-2)11-8-12-16(14)18-13-9-6-5-7-10-13/h5-12H,3-4H2,1-2H3. The number of para-hydroxylation sites is 1. The summed E-state index contributed by atoms with van der Waals surface area (Å²) in [6.45, 7) is 4.77. The zero-order valence-corrected chi connectivity index (χ0v) is 10.8. The molecule has 0 aliphatic heterocycles. The summed E-state index contributed by atoms with van der Waals surface area (Å²) >= 11 is 0.